The molecule has 0 radical (unpaired) electrons. The van der Waals surface area contributed by atoms with Crippen LogP contribution in [0.25, 0.3) is 5.52 Å². The molecule has 2 aromatic heterocycles. The Kier molecular flexibility index (Phi) is 7.15. The number of carboxylic acid groups (broad SMARTS) is 1. The number of Topliss-reactive ketones (excluding diaryl/α,β-unsaturated/α-hetero) is 1. The van der Waals surface area contributed by atoms with E-state index in [1.165, 1.54) is 5.56 Å². The lowest BCUT2D eigenvalue weighted by molar-refractivity contribution is -0.139. The van der Waals surface area contributed by atoms with Crippen LogP contribution >= 0.6 is 0 Å². The predicted octanol–water partition coefficient (Wildman–Crippen LogP) is 3.52. The highest BCUT2D eigenvalue weighted by Gasteiger charge is 2.27. The van der Waals surface area contributed by atoms with E-state index in [1.54, 1.807) is 10.6 Å². The summed E-state index contributed by atoms with van der Waals surface area (Å²) in [5, 5.41) is 9.13. The number of carbonyl (C=O) groups is 3. The number of benzene rings is 2. The van der Waals surface area contributed by atoms with Gasteiger partial charge in [0.15, 0.2) is 6.61 Å². The molecule has 184 valence electrons. The zero-order valence-corrected chi connectivity index (χ0v) is 20.2. The van der Waals surface area contributed by atoms with Crippen LogP contribution in [0.2, 0.25) is 0 Å². The first-order chi connectivity index (χ1) is 17.3. The van der Waals surface area contributed by atoms with Crippen molar-refractivity contribution >= 4 is 23.2 Å². The van der Waals surface area contributed by atoms with Crippen LogP contribution in [-0.2, 0) is 28.9 Å². The number of primary amides is 1. The number of carbonyl (C=O) groups excluding carboxylic acids is 2. The van der Waals surface area contributed by atoms with E-state index in [0.29, 0.717) is 24.1 Å². The first-order valence-corrected chi connectivity index (χ1v) is 11.6. The fourth-order valence-electron chi connectivity index (χ4n) is 4.41. The highest BCUT2D eigenvalue weighted by atomic mass is 16.5. The lowest BCUT2D eigenvalue weighted by Crippen LogP contribution is -2.24. The summed E-state index contributed by atoms with van der Waals surface area (Å²) in [5.41, 5.74) is 11.1. The molecule has 1 amide bonds. The van der Waals surface area contributed by atoms with Crippen LogP contribution in [0.4, 0.5) is 0 Å². The Labute approximate surface area is 208 Å². The number of fused-ring (bicyclic) bond motifs is 1. The van der Waals surface area contributed by atoms with E-state index in [-0.39, 0.29) is 17.0 Å². The number of nitrogens with zero attached hydrogens (tertiary/aromatic N) is 2. The van der Waals surface area contributed by atoms with Gasteiger partial charge in [-0.3, -0.25) is 9.59 Å². The Balaban J connectivity index is 1.88. The number of hydrogen-bond donors (Lipinski definition) is 2. The molecular weight excluding hydrogens is 458 g/mol. The van der Waals surface area contributed by atoms with Crippen LogP contribution in [0, 0.1) is 6.92 Å². The summed E-state index contributed by atoms with van der Waals surface area (Å²) in [4.78, 5) is 40.4. The van der Waals surface area contributed by atoms with E-state index in [2.05, 4.69) is 29.2 Å². The molecule has 0 spiro atoms. The van der Waals surface area contributed by atoms with Gasteiger partial charge in [0.05, 0.1) is 11.3 Å². The van der Waals surface area contributed by atoms with Crippen molar-refractivity contribution in [2.75, 3.05) is 6.61 Å². The Hall–Kier alpha value is -4.46. The number of hydrogen-bond acceptors (Lipinski definition) is 5. The molecule has 0 saturated heterocycles. The summed E-state index contributed by atoms with van der Waals surface area (Å²) < 4.78 is 7.25. The summed E-state index contributed by atoms with van der Waals surface area (Å²) in [6.45, 7) is 3.03. The van der Waals surface area contributed by atoms with Gasteiger partial charge >= 0.3 is 5.97 Å². The Morgan fingerprint density at radius 1 is 0.972 bits per heavy atom. The maximum absolute atomic E-state index is 12.8. The molecule has 0 aliphatic heterocycles. The average molecular weight is 486 g/mol. The molecule has 0 fully saturated rings. The molecule has 2 heterocycles. The monoisotopic (exact) mass is 485 g/mol. The largest absolute Gasteiger partial charge is 0.479 e. The van der Waals surface area contributed by atoms with Crippen molar-refractivity contribution in [3.8, 4) is 5.88 Å². The molecule has 0 aliphatic carbocycles. The van der Waals surface area contributed by atoms with Gasteiger partial charge in [-0.1, -0.05) is 61.5 Å². The summed E-state index contributed by atoms with van der Waals surface area (Å²) >= 11 is 0. The maximum Gasteiger partial charge on any atom is 0.341 e. The quantitative estimate of drug-likeness (QED) is 0.262. The van der Waals surface area contributed by atoms with E-state index in [1.807, 2.05) is 44.2 Å². The molecule has 0 atom stereocenters. The number of amides is 1. The number of rotatable bonds is 10. The summed E-state index contributed by atoms with van der Waals surface area (Å²) in [6, 6.07) is 18.3. The molecule has 0 aliphatic rings. The van der Waals surface area contributed by atoms with Crippen LogP contribution < -0.4 is 10.5 Å². The van der Waals surface area contributed by atoms with E-state index < -0.39 is 24.3 Å². The number of nitrogens with two attached hydrogens (primary N) is 1. The van der Waals surface area contributed by atoms with Crippen LogP contribution in [0.15, 0.2) is 60.8 Å². The van der Waals surface area contributed by atoms with Crippen molar-refractivity contribution in [3.63, 3.8) is 0 Å². The normalized spacial score (nSPS) is 10.9. The Morgan fingerprint density at radius 3 is 2.22 bits per heavy atom. The predicted molar refractivity (Wildman–Crippen MR) is 134 cm³/mol. The topological polar surface area (TPSA) is 124 Å². The minimum absolute atomic E-state index is 0.0273. The molecule has 0 saturated carbocycles. The van der Waals surface area contributed by atoms with Crippen molar-refractivity contribution in [2.45, 2.75) is 33.1 Å². The maximum atomic E-state index is 12.8. The molecule has 8 heteroatoms. The number of carboxylic acids is 1. The van der Waals surface area contributed by atoms with Gasteiger partial charge in [0.2, 0.25) is 5.88 Å². The second-order valence-corrected chi connectivity index (χ2v) is 8.53. The number of ether oxygens (including phenoxy) is 1. The van der Waals surface area contributed by atoms with Gasteiger partial charge in [-0.05, 0) is 42.0 Å². The van der Waals surface area contributed by atoms with Gasteiger partial charge in [-0.25, -0.2) is 9.78 Å². The highest BCUT2D eigenvalue weighted by Crippen LogP contribution is 2.31. The van der Waals surface area contributed by atoms with Crippen LogP contribution in [0.3, 0.4) is 0 Å². The van der Waals surface area contributed by atoms with Crippen LogP contribution in [0.5, 0.6) is 5.88 Å². The summed E-state index contributed by atoms with van der Waals surface area (Å²) in [5.74, 6) is -3.18. The van der Waals surface area contributed by atoms with Crippen molar-refractivity contribution in [3.05, 3.63) is 100.0 Å². The van der Waals surface area contributed by atoms with Crippen molar-refractivity contribution in [2.24, 2.45) is 5.73 Å². The smallest absolute Gasteiger partial charge is 0.341 e. The molecule has 4 aromatic rings. The fourth-order valence-corrected chi connectivity index (χ4v) is 4.41. The molecule has 3 N–H and O–H groups in total. The minimum atomic E-state index is -1.18. The van der Waals surface area contributed by atoms with Gasteiger partial charge in [-0.2, -0.15) is 0 Å². The molecule has 4 rings (SSSR count). The molecule has 8 nitrogen and oxygen atoms in total. The van der Waals surface area contributed by atoms with Gasteiger partial charge in [0, 0.05) is 18.3 Å². The van der Waals surface area contributed by atoms with Crippen molar-refractivity contribution in [1.29, 1.82) is 0 Å². The summed E-state index contributed by atoms with van der Waals surface area (Å²) in [6.07, 6.45) is 3.49. The third kappa shape index (κ3) is 4.98. The number of aromatic nitrogens is 2. The van der Waals surface area contributed by atoms with E-state index in [9.17, 15) is 14.4 Å². The third-order valence-corrected chi connectivity index (χ3v) is 6.14. The molecule has 2 aromatic carbocycles. The standard InChI is InChI=1S/C28H27N3O5/c1-3-19-15-31-22(14-21-12-8-7-11-20(21)13-18-9-5-4-6-10-18)17(2)30-28(36-16-23(32)33)25(31)24(19)26(34)27(29)35/h4-12,15H,3,13-14,16H2,1-2H3,(H2,29,35)(H,32,33). The molecular formula is C28H27N3O5. The number of aliphatic carboxylic acids is 1. The van der Waals surface area contributed by atoms with E-state index in [0.717, 1.165) is 23.2 Å². The van der Waals surface area contributed by atoms with Crippen LogP contribution in [0.1, 0.15) is 50.9 Å². The zero-order valence-electron chi connectivity index (χ0n) is 20.2. The zero-order chi connectivity index (χ0) is 25.8. The summed E-state index contributed by atoms with van der Waals surface area (Å²) in [7, 11) is 0. The lowest BCUT2D eigenvalue weighted by atomic mass is 9.96. The average Bonchev–Trinajstić information content (AvgIpc) is 3.25. The van der Waals surface area contributed by atoms with Gasteiger partial charge in [0.1, 0.15) is 5.52 Å². The van der Waals surface area contributed by atoms with Gasteiger partial charge in [-0.15, -0.1) is 0 Å². The van der Waals surface area contributed by atoms with Crippen molar-refractivity contribution in [1.82, 2.24) is 9.38 Å². The Bertz CT molecular complexity index is 1460. The minimum Gasteiger partial charge on any atom is -0.479 e. The lowest BCUT2D eigenvalue weighted by Gasteiger charge is -2.16. The molecule has 36 heavy (non-hydrogen) atoms. The fraction of sp³-hybridized carbons (Fsp3) is 0.214. The molecule has 0 unspecified atom stereocenters. The van der Waals surface area contributed by atoms with E-state index >= 15 is 0 Å². The number of aryl methyl sites for hydroxylation is 2. The first-order valence-electron chi connectivity index (χ1n) is 11.6. The Morgan fingerprint density at radius 2 is 1.61 bits per heavy atom. The van der Waals surface area contributed by atoms with E-state index in [4.69, 9.17) is 15.6 Å². The van der Waals surface area contributed by atoms with Crippen molar-refractivity contribution < 1.29 is 24.2 Å². The second kappa shape index (κ2) is 10.4. The van der Waals surface area contributed by atoms with Gasteiger partial charge in [0.25, 0.3) is 11.7 Å². The van der Waals surface area contributed by atoms with Gasteiger partial charge < -0.3 is 20.0 Å². The van der Waals surface area contributed by atoms with Crippen LogP contribution in [-0.4, -0.2) is 38.8 Å². The first kappa shape index (κ1) is 24.7. The SMILES string of the molecule is CCc1cn2c(Cc3ccccc3Cc3ccccc3)c(C)nc(OCC(=O)O)c2c1C(=O)C(N)=O. The highest BCUT2D eigenvalue weighted by molar-refractivity contribution is 6.44. The third-order valence-electron chi connectivity index (χ3n) is 6.14. The number of ketones is 1. The molecule has 0 bridgehead atoms. The second-order valence-electron chi connectivity index (χ2n) is 8.53.